The van der Waals surface area contributed by atoms with E-state index in [0.29, 0.717) is 5.56 Å². The highest BCUT2D eigenvalue weighted by Crippen LogP contribution is 2.34. The highest BCUT2D eigenvalue weighted by molar-refractivity contribution is 6.03. The van der Waals surface area contributed by atoms with Crippen LogP contribution in [0, 0.1) is 16.7 Å². The van der Waals surface area contributed by atoms with Gasteiger partial charge in [-0.3, -0.25) is 4.79 Å². The second kappa shape index (κ2) is 5.02. The summed E-state index contributed by atoms with van der Waals surface area (Å²) in [4.78, 5) is 12.4. The zero-order valence-electron chi connectivity index (χ0n) is 11.4. The van der Waals surface area contributed by atoms with Gasteiger partial charge < -0.3 is 9.47 Å². The molecule has 0 aliphatic carbocycles. The van der Waals surface area contributed by atoms with Gasteiger partial charge in [-0.1, -0.05) is 13.8 Å². The number of benzene rings is 1. The van der Waals surface area contributed by atoms with E-state index in [2.05, 4.69) is 6.07 Å². The zero-order valence-corrected chi connectivity index (χ0v) is 11.4. The van der Waals surface area contributed by atoms with Gasteiger partial charge in [0.15, 0.2) is 11.2 Å². The predicted molar refractivity (Wildman–Crippen MR) is 70.3 cm³/mol. The molecule has 1 saturated heterocycles. The average molecular weight is 259 g/mol. The van der Waals surface area contributed by atoms with Crippen LogP contribution in [0.1, 0.15) is 35.7 Å². The van der Waals surface area contributed by atoms with Gasteiger partial charge in [0.2, 0.25) is 0 Å². The highest BCUT2D eigenvalue weighted by Gasteiger charge is 2.46. The van der Waals surface area contributed by atoms with E-state index in [1.165, 1.54) is 0 Å². The van der Waals surface area contributed by atoms with Crippen LogP contribution in [0.5, 0.6) is 5.75 Å². The predicted octanol–water partition coefficient (Wildman–Crippen LogP) is 2.54. The monoisotopic (exact) mass is 259 g/mol. The summed E-state index contributed by atoms with van der Waals surface area (Å²) < 4.78 is 10.3. The molecule has 0 aromatic heterocycles. The van der Waals surface area contributed by atoms with Crippen molar-refractivity contribution in [3.05, 3.63) is 29.3 Å². The molecule has 0 saturated carbocycles. The number of carbonyl (C=O) groups excluding carboxylic acids is 1. The van der Waals surface area contributed by atoms with Crippen LogP contribution in [-0.2, 0) is 4.74 Å². The maximum Gasteiger partial charge on any atom is 0.187 e. The Bertz CT molecular complexity index is 539. The molecule has 1 aliphatic heterocycles. The van der Waals surface area contributed by atoms with Gasteiger partial charge in [-0.25, -0.2) is 0 Å². The molecule has 100 valence electrons. The quantitative estimate of drug-likeness (QED) is 0.780. The molecule has 0 radical (unpaired) electrons. The Balaban J connectivity index is 2.39. The third-order valence-electron chi connectivity index (χ3n) is 3.46. The molecule has 1 aliphatic rings. The van der Waals surface area contributed by atoms with Gasteiger partial charge in [-0.15, -0.1) is 0 Å². The molecule has 1 aromatic carbocycles. The Kier molecular flexibility index (Phi) is 3.59. The Labute approximate surface area is 112 Å². The summed E-state index contributed by atoms with van der Waals surface area (Å²) >= 11 is 0. The normalized spacial score (nSPS) is 16.6. The SMILES string of the molecule is COc1ccc(C(=O)C2(C#N)COC2)cc1C(C)C. The third-order valence-corrected chi connectivity index (χ3v) is 3.46. The molecule has 0 amide bonds. The maximum atomic E-state index is 12.4. The summed E-state index contributed by atoms with van der Waals surface area (Å²) in [7, 11) is 1.61. The molecule has 4 heteroatoms. The van der Waals surface area contributed by atoms with E-state index in [1.54, 1.807) is 19.2 Å². The van der Waals surface area contributed by atoms with Gasteiger partial charge in [0.1, 0.15) is 5.75 Å². The minimum Gasteiger partial charge on any atom is -0.496 e. The fourth-order valence-electron chi connectivity index (χ4n) is 2.16. The number of ketones is 1. The van der Waals surface area contributed by atoms with Gasteiger partial charge in [0.05, 0.1) is 26.4 Å². The number of nitrogens with zero attached hydrogens (tertiary/aromatic N) is 1. The van der Waals surface area contributed by atoms with Crippen molar-refractivity contribution in [2.45, 2.75) is 19.8 Å². The lowest BCUT2D eigenvalue weighted by atomic mass is 9.79. The van der Waals surface area contributed by atoms with E-state index in [9.17, 15) is 10.1 Å². The molecule has 0 atom stereocenters. The molecule has 0 spiro atoms. The van der Waals surface area contributed by atoms with Crippen molar-refractivity contribution in [2.75, 3.05) is 20.3 Å². The molecule has 1 fully saturated rings. The molecule has 1 heterocycles. The Hall–Kier alpha value is -1.86. The minimum atomic E-state index is -0.997. The van der Waals surface area contributed by atoms with Crippen molar-refractivity contribution in [2.24, 2.45) is 5.41 Å². The lowest BCUT2D eigenvalue weighted by molar-refractivity contribution is -0.0566. The summed E-state index contributed by atoms with van der Waals surface area (Å²) in [5.74, 6) is 0.853. The van der Waals surface area contributed by atoms with E-state index >= 15 is 0 Å². The first-order chi connectivity index (χ1) is 9.04. The van der Waals surface area contributed by atoms with Crippen LogP contribution in [-0.4, -0.2) is 26.1 Å². The summed E-state index contributed by atoms with van der Waals surface area (Å²) in [5, 5.41) is 9.17. The first-order valence-corrected chi connectivity index (χ1v) is 6.26. The lowest BCUT2D eigenvalue weighted by Crippen LogP contribution is -2.47. The smallest absolute Gasteiger partial charge is 0.187 e. The largest absolute Gasteiger partial charge is 0.496 e. The van der Waals surface area contributed by atoms with E-state index in [4.69, 9.17) is 9.47 Å². The average Bonchev–Trinajstić information content (AvgIpc) is 2.37. The fourth-order valence-corrected chi connectivity index (χ4v) is 2.16. The van der Waals surface area contributed by atoms with Gasteiger partial charge in [0.25, 0.3) is 0 Å². The molecular weight excluding hydrogens is 242 g/mol. The van der Waals surface area contributed by atoms with Crippen LogP contribution in [0.25, 0.3) is 0 Å². The van der Waals surface area contributed by atoms with Gasteiger partial charge >= 0.3 is 0 Å². The number of ether oxygens (including phenoxy) is 2. The second-order valence-corrected chi connectivity index (χ2v) is 5.13. The number of methoxy groups -OCH3 is 1. The van der Waals surface area contributed by atoms with E-state index in [-0.39, 0.29) is 24.9 Å². The lowest BCUT2D eigenvalue weighted by Gasteiger charge is -2.33. The Morgan fingerprint density at radius 1 is 1.47 bits per heavy atom. The van der Waals surface area contributed by atoms with E-state index in [0.717, 1.165) is 11.3 Å². The fraction of sp³-hybridized carbons (Fsp3) is 0.467. The summed E-state index contributed by atoms with van der Waals surface area (Å²) in [6, 6.07) is 7.40. The highest BCUT2D eigenvalue weighted by atomic mass is 16.5. The molecule has 0 N–H and O–H groups in total. The van der Waals surface area contributed by atoms with E-state index in [1.807, 2.05) is 19.9 Å². The van der Waals surface area contributed by atoms with Crippen molar-refractivity contribution in [1.82, 2.24) is 0 Å². The first-order valence-electron chi connectivity index (χ1n) is 6.26. The number of hydrogen-bond acceptors (Lipinski definition) is 4. The minimum absolute atomic E-state index is 0.161. The van der Waals surface area contributed by atoms with Crippen LogP contribution >= 0.6 is 0 Å². The van der Waals surface area contributed by atoms with Crippen LogP contribution < -0.4 is 4.74 Å². The van der Waals surface area contributed by atoms with Crippen molar-refractivity contribution >= 4 is 5.78 Å². The van der Waals surface area contributed by atoms with Crippen LogP contribution in [0.4, 0.5) is 0 Å². The van der Waals surface area contributed by atoms with Gasteiger partial charge in [-0.05, 0) is 29.7 Å². The Morgan fingerprint density at radius 3 is 2.58 bits per heavy atom. The summed E-state index contributed by atoms with van der Waals surface area (Å²) in [6.07, 6.45) is 0. The first kappa shape index (κ1) is 13.6. The maximum absolute atomic E-state index is 12.4. The van der Waals surface area contributed by atoms with Crippen molar-refractivity contribution in [3.8, 4) is 11.8 Å². The van der Waals surface area contributed by atoms with Gasteiger partial charge in [0, 0.05) is 5.56 Å². The van der Waals surface area contributed by atoms with Gasteiger partial charge in [-0.2, -0.15) is 5.26 Å². The number of Topliss-reactive ketones (excluding diaryl/α,β-unsaturated/α-hetero) is 1. The zero-order chi connectivity index (χ0) is 14.0. The van der Waals surface area contributed by atoms with Crippen molar-refractivity contribution < 1.29 is 14.3 Å². The standard InChI is InChI=1S/C15H17NO3/c1-10(2)12-6-11(4-5-13(12)18-3)14(17)15(7-16)8-19-9-15/h4-6,10H,8-9H2,1-3H3. The number of hydrogen-bond donors (Lipinski definition) is 0. The van der Waals surface area contributed by atoms with Crippen molar-refractivity contribution in [3.63, 3.8) is 0 Å². The van der Waals surface area contributed by atoms with Crippen LogP contribution in [0.2, 0.25) is 0 Å². The molecule has 0 unspecified atom stereocenters. The number of rotatable bonds is 4. The molecular formula is C15H17NO3. The summed E-state index contributed by atoms with van der Waals surface area (Å²) in [6.45, 7) is 4.45. The molecule has 19 heavy (non-hydrogen) atoms. The molecule has 2 rings (SSSR count). The van der Waals surface area contributed by atoms with Crippen LogP contribution in [0.3, 0.4) is 0 Å². The van der Waals surface area contributed by atoms with Crippen molar-refractivity contribution in [1.29, 1.82) is 5.26 Å². The summed E-state index contributed by atoms with van der Waals surface area (Å²) in [5.41, 5.74) is 0.527. The topological polar surface area (TPSA) is 59.3 Å². The molecule has 4 nitrogen and oxygen atoms in total. The number of carbonyl (C=O) groups is 1. The third kappa shape index (κ3) is 2.22. The number of nitriles is 1. The molecule has 0 bridgehead atoms. The van der Waals surface area contributed by atoms with Crippen LogP contribution in [0.15, 0.2) is 18.2 Å². The van der Waals surface area contributed by atoms with E-state index < -0.39 is 5.41 Å². The molecule has 1 aromatic rings. The Morgan fingerprint density at radius 2 is 2.16 bits per heavy atom. The second-order valence-electron chi connectivity index (χ2n) is 5.13.